The van der Waals surface area contributed by atoms with Crippen LogP contribution in [0.5, 0.6) is 17.2 Å². The summed E-state index contributed by atoms with van der Waals surface area (Å²) in [6.45, 7) is 0.496. The lowest BCUT2D eigenvalue weighted by Crippen LogP contribution is -2.43. The third-order valence-electron chi connectivity index (χ3n) is 5.90. The van der Waals surface area contributed by atoms with Crippen LogP contribution >= 0.6 is 0 Å². The van der Waals surface area contributed by atoms with E-state index in [1.165, 1.54) is 6.42 Å². The molecule has 1 spiro atoms. The van der Waals surface area contributed by atoms with Gasteiger partial charge in [0.2, 0.25) is 0 Å². The lowest BCUT2D eigenvalue weighted by molar-refractivity contribution is 0.0133. The van der Waals surface area contributed by atoms with Crippen molar-refractivity contribution in [2.24, 2.45) is 0 Å². The Kier molecular flexibility index (Phi) is 6.13. The van der Waals surface area contributed by atoms with E-state index in [-0.39, 0.29) is 18.0 Å². The van der Waals surface area contributed by atoms with Gasteiger partial charge < -0.3 is 24.6 Å². The van der Waals surface area contributed by atoms with E-state index < -0.39 is 6.10 Å². The Bertz CT molecular complexity index is 874. The number of carbonyl (C=O) groups excluding carboxylic acids is 1. The van der Waals surface area contributed by atoms with Crippen molar-refractivity contribution in [2.45, 2.75) is 50.2 Å². The van der Waals surface area contributed by atoms with E-state index in [0.29, 0.717) is 30.0 Å². The fourth-order valence-electron chi connectivity index (χ4n) is 4.24. The van der Waals surface area contributed by atoms with Crippen LogP contribution in [0, 0.1) is 0 Å². The summed E-state index contributed by atoms with van der Waals surface area (Å²) in [5.41, 5.74) is 1.18. The van der Waals surface area contributed by atoms with E-state index in [0.717, 1.165) is 37.1 Å². The van der Waals surface area contributed by atoms with E-state index in [1.54, 1.807) is 25.3 Å². The minimum atomic E-state index is -0.685. The smallest absolute Gasteiger partial charge is 0.170 e. The molecule has 2 aromatic rings. The Balaban J connectivity index is 1.32. The maximum atomic E-state index is 12.6. The summed E-state index contributed by atoms with van der Waals surface area (Å²) >= 11 is 0. The first-order chi connectivity index (χ1) is 14.6. The lowest BCUT2D eigenvalue weighted by Gasteiger charge is -2.40. The van der Waals surface area contributed by atoms with Gasteiger partial charge in [-0.05, 0) is 62.1 Å². The van der Waals surface area contributed by atoms with Crippen LogP contribution in [0.2, 0.25) is 0 Å². The van der Waals surface area contributed by atoms with Crippen molar-refractivity contribution in [1.29, 1.82) is 0 Å². The number of methoxy groups -OCH3 is 1. The molecule has 30 heavy (non-hydrogen) atoms. The zero-order valence-corrected chi connectivity index (χ0v) is 17.4. The van der Waals surface area contributed by atoms with Gasteiger partial charge in [-0.25, -0.2) is 0 Å². The van der Waals surface area contributed by atoms with Gasteiger partial charge in [0.05, 0.1) is 19.1 Å². The number of benzene rings is 2. The van der Waals surface area contributed by atoms with Gasteiger partial charge in [-0.15, -0.1) is 0 Å². The molecule has 1 aliphatic heterocycles. The molecule has 6 heteroatoms. The predicted octanol–water partition coefficient (Wildman–Crippen LogP) is 4.22. The van der Waals surface area contributed by atoms with Gasteiger partial charge >= 0.3 is 0 Å². The second kappa shape index (κ2) is 8.96. The minimum absolute atomic E-state index is 0.140. The fourth-order valence-corrected chi connectivity index (χ4v) is 4.24. The Morgan fingerprint density at radius 3 is 2.57 bits per heavy atom. The van der Waals surface area contributed by atoms with Crippen LogP contribution < -0.4 is 19.5 Å². The summed E-state index contributed by atoms with van der Waals surface area (Å²) < 4.78 is 17.2. The van der Waals surface area contributed by atoms with E-state index in [9.17, 15) is 9.90 Å². The quantitative estimate of drug-likeness (QED) is 0.711. The number of fused-ring (bicyclic) bond motifs is 1. The maximum absolute atomic E-state index is 12.6. The van der Waals surface area contributed by atoms with Crippen molar-refractivity contribution in [3.63, 3.8) is 0 Å². The number of hydrogen-bond donors (Lipinski definition) is 2. The molecule has 1 heterocycles. The fraction of sp³-hybridized carbons (Fsp3) is 0.458. The highest BCUT2D eigenvalue weighted by atomic mass is 16.5. The number of ether oxygens (including phenoxy) is 3. The van der Waals surface area contributed by atoms with Crippen LogP contribution in [0.15, 0.2) is 42.5 Å². The number of anilines is 1. The second-order valence-electron chi connectivity index (χ2n) is 8.18. The van der Waals surface area contributed by atoms with Crippen molar-refractivity contribution >= 4 is 11.5 Å². The average molecular weight is 411 g/mol. The first kappa shape index (κ1) is 20.5. The van der Waals surface area contributed by atoms with Crippen LogP contribution in [0.4, 0.5) is 5.69 Å². The molecule has 1 fully saturated rings. The number of nitrogens with one attached hydrogen (secondary N) is 1. The summed E-state index contributed by atoms with van der Waals surface area (Å²) in [5.74, 6) is 2.13. The molecule has 0 bridgehead atoms. The Morgan fingerprint density at radius 1 is 1.10 bits per heavy atom. The molecule has 1 atom stereocenters. The van der Waals surface area contributed by atoms with E-state index in [2.05, 4.69) is 5.32 Å². The molecule has 1 unspecified atom stereocenters. The third-order valence-corrected chi connectivity index (χ3v) is 5.90. The molecule has 0 amide bonds. The molecular weight excluding hydrogens is 382 g/mol. The van der Waals surface area contributed by atoms with Gasteiger partial charge in [0.1, 0.15) is 35.6 Å². The van der Waals surface area contributed by atoms with Crippen molar-refractivity contribution in [1.82, 2.24) is 0 Å². The van der Waals surface area contributed by atoms with Gasteiger partial charge in [-0.2, -0.15) is 0 Å². The molecule has 2 N–H and O–H groups in total. The number of aliphatic hydroxyl groups excluding tert-OH is 1. The van der Waals surface area contributed by atoms with E-state index in [1.807, 2.05) is 24.3 Å². The minimum Gasteiger partial charge on any atom is -0.497 e. The first-order valence-electron chi connectivity index (χ1n) is 10.6. The summed E-state index contributed by atoms with van der Waals surface area (Å²) in [6.07, 6.45) is 5.06. The maximum Gasteiger partial charge on any atom is 0.170 e. The van der Waals surface area contributed by atoms with Crippen LogP contribution in [0.25, 0.3) is 0 Å². The van der Waals surface area contributed by atoms with E-state index in [4.69, 9.17) is 14.2 Å². The number of Topliss-reactive ketones (excluding diaryl/α,β-unsaturated/α-hetero) is 1. The lowest BCUT2D eigenvalue weighted by atomic mass is 9.78. The Labute approximate surface area is 177 Å². The third kappa shape index (κ3) is 4.70. The highest BCUT2D eigenvalue weighted by molar-refractivity contribution is 6.00. The van der Waals surface area contributed by atoms with Crippen LogP contribution in [0.3, 0.4) is 0 Å². The Morgan fingerprint density at radius 2 is 1.83 bits per heavy atom. The molecule has 160 valence electrons. The summed E-state index contributed by atoms with van der Waals surface area (Å²) in [7, 11) is 1.63. The Hall–Kier alpha value is -2.73. The second-order valence-corrected chi connectivity index (χ2v) is 8.18. The molecular formula is C24H29NO5. The van der Waals surface area contributed by atoms with Gasteiger partial charge in [0.25, 0.3) is 0 Å². The number of carbonyl (C=O) groups is 1. The highest BCUT2D eigenvalue weighted by Crippen LogP contribution is 2.42. The van der Waals surface area contributed by atoms with Crippen molar-refractivity contribution in [3.8, 4) is 17.2 Å². The summed E-state index contributed by atoms with van der Waals surface area (Å²) in [6, 6.07) is 12.8. The molecule has 1 saturated carbocycles. The normalized spacial score (nSPS) is 18.3. The SMILES string of the molecule is COc1ccc(NCC(O)COc2ccc3c(c2)OC2(CCCCC2)CC3=O)cc1. The number of hydrogen-bond acceptors (Lipinski definition) is 6. The van der Waals surface area contributed by atoms with E-state index >= 15 is 0 Å². The van der Waals surface area contributed by atoms with Crippen molar-refractivity contribution < 1.29 is 24.1 Å². The topological polar surface area (TPSA) is 77.0 Å². The van der Waals surface area contributed by atoms with Crippen molar-refractivity contribution in [3.05, 3.63) is 48.0 Å². The van der Waals surface area contributed by atoms with Crippen LogP contribution in [0.1, 0.15) is 48.9 Å². The molecule has 0 radical (unpaired) electrons. The highest BCUT2D eigenvalue weighted by Gasteiger charge is 2.41. The standard InChI is InChI=1S/C24H29NO5/c1-28-19-7-5-17(6-8-19)25-15-18(26)16-29-20-9-10-21-22(27)14-24(30-23(21)13-20)11-3-2-4-12-24/h5-10,13,18,25-26H,2-4,11-12,14-16H2,1H3. The van der Waals surface area contributed by atoms with Gasteiger partial charge in [-0.1, -0.05) is 6.42 Å². The van der Waals surface area contributed by atoms with Crippen molar-refractivity contribution in [2.75, 3.05) is 25.6 Å². The summed E-state index contributed by atoms with van der Waals surface area (Å²) in [5, 5.41) is 13.4. The monoisotopic (exact) mass is 411 g/mol. The van der Waals surface area contributed by atoms with Crippen LogP contribution in [-0.4, -0.2) is 42.9 Å². The van der Waals surface area contributed by atoms with Crippen LogP contribution in [-0.2, 0) is 0 Å². The number of rotatable bonds is 7. The van der Waals surface area contributed by atoms with Gasteiger partial charge in [0, 0.05) is 18.3 Å². The largest absolute Gasteiger partial charge is 0.497 e. The van der Waals surface area contributed by atoms with Gasteiger partial charge in [-0.3, -0.25) is 4.79 Å². The average Bonchev–Trinajstić information content (AvgIpc) is 2.77. The molecule has 6 nitrogen and oxygen atoms in total. The molecule has 0 saturated heterocycles. The zero-order chi connectivity index (χ0) is 21.0. The number of ketones is 1. The predicted molar refractivity (Wildman–Crippen MR) is 115 cm³/mol. The number of aliphatic hydroxyl groups is 1. The molecule has 1 aliphatic carbocycles. The molecule has 4 rings (SSSR count). The summed E-state index contributed by atoms with van der Waals surface area (Å²) in [4.78, 5) is 12.6. The molecule has 0 aromatic heterocycles. The molecule has 2 aromatic carbocycles. The first-order valence-corrected chi connectivity index (χ1v) is 10.6. The molecule has 2 aliphatic rings. The zero-order valence-electron chi connectivity index (χ0n) is 17.4. The van der Waals surface area contributed by atoms with Gasteiger partial charge in [0.15, 0.2) is 5.78 Å².